The molecule has 20 heavy (non-hydrogen) atoms. The molecule has 0 aliphatic heterocycles. The number of hydrogen-bond donors (Lipinski definition) is 2. The number of anilines is 1. The van der Waals surface area contributed by atoms with Crippen molar-refractivity contribution in [2.75, 3.05) is 5.32 Å². The maximum Gasteiger partial charge on any atom is 0.104 e. The Bertz CT molecular complexity index is 649. The first-order valence-corrected chi connectivity index (χ1v) is 7.91. The van der Waals surface area contributed by atoms with Crippen molar-refractivity contribution >= 4 is 45.8 Å². The Labute approximate surface area is 134 Å². The number of nitrogens with two attached hydrogens (primary N) is 1. The van der Waals surface area contributed by atoms with Gasteiger partial charge in [0.1, 0.15) is 4.99 Å². The number of halogens is 1. The summed E-state index contributed by atoms with van der Waals surface area (Å²) in [5.41, 5.74) is 8.58. The second-order valence-corrected chi connectivity index (χ2v) is 7.10. The predicted molar refractivity (Wildman–Crippen MR) is 93.2 cm³/mol. The van der Waals surface area contributed by atoms with E-state index in [1.165, 1.54) is 15.3 Å². The minimum absolute atomic E-state index is 0.202. The second kappa shape index (κ2) is 6.12. The quantitative estimate of drug-likeness (QED) is 0.791. The van der Waals surface area contributed by atoms with E-state index in [1.54, 1.807) is 6.07 Å². The third-order valence-electron chi connectivity index (χ3n) is 3.17. The van der Waals surface area contributed by atoms with Crippen molar-refractivity contribution in [3.8, 4) is 0 Å². The minimum atomic E-state index is 0.202. The lowest BCUT2D eigenvalue weighted by atomic mass is 10.1. The molecule has 0 aliphatic rings. The Hall–Kier alpha value is -1.10. The summed E-state index contributed by atoms with van der Waals surface area (Å²) < 4.78 is 0. The van der Waals surface area contributed by atoms with Crippen LogP contribution in [0, 0.1) is 13.8 Å². The van der Waals surface area contributed by atoms with E-state index in [1.807, 2.05) is 23.5 Å². The number of benzene rings is 1. The number of hydrogen-bond acceptors (Lipinski definition) is 3. The molecule has 3 N–H and O–H groups in total. The summed E-state index contributed by atoms with van der Waals surface area (Å²) in [5.74, 6) is 0. The SMILES string of the molecule is Cc1cc(C(C)Nc2ccc(C(N)=S)cc2Cl)c(C)s1. The highest BCUT2D eigenvalue weighted by atomic mass is 35.5. The van der Waals surface area contributed by atoms with E-state index in [0.29, 0.717) is 10.0 Å². The molecule has 0 saturated heterocycles. The Morgan fingerprint density at radius 1 is 1.35 bits per heavy atom. The van der Waals surface area contributed by atoms with E-state index < -0.39 is 0 Å². The third-order valence-corrected chi connectivity index (χ3v) is 4.70. The van der Waals surface area contributed by atoms with Crippen LogP contribution in [0.2, 0.25) is 5.02 Å². The van der Waals surface area contributed by atoms with Crippen LogP contribution >= 0.6 is 35.2 Å². The smallest absolute Gasteiger partial charge is 0.104 e. The lowest BCUT2D eigenvalue weighted by Crippen LogP contribution is -2.10. The van der Waals surface area contributed by atoms with Gasteiger partial charge >= 0.3 is 0 Å². The maximum absolute atomic E-state index is 6.27. The number of thiophene rings is 1. The topological polar surface area (TPSA) is 38.0 Å². The van der Waals surface area contributed by atoms with Crippen LogP contribution in [0.3, 0.4) is 0 Å². The van der Waals surface area contributed by atoms with E-state index in [4.69, 9.17) is 29.6 Å². The van der Waals surface area contributed by atoms with Crippen molar-refractivity contribution < 1.29 is 0 Å². The van der Waals surface area contributed by atoms with Crippen LogP contribution in [0.15, 0.2) is 24.3 Å². The molecule has 2 nitrogen and oxygen atoms in total. The molecule has 1 aromatic heterocycles. The fourth-order valence-electron chi connectivity index (χ4n) is 2.18. The van der Waals surface area contributed by atoms with Crippen molar-refractivity contribution in [3.63, 3.8) is 0 Å². The highest BCUT2D eigenvalue weighted by Gasteiger charge is 2.13. The van der Waals surface area contributed by atoms with Gasteiger partial charge in [-0.05, 0) is 50.6 Å². The highest BCUT2D eigenvalue weighted by Crippen LogP contribution is 2.31. The van der Waals surface area contributed by atoms with Crippen molar-refractivity contribution in [3.05, 3.63) is 50.2 Å². The van der Waals surface area contributed by atoms with Crippen molar-refractivity contribution in [2.45, 2.75) is 26.8 Å². The molecule has 0 aliphatic carbocycles. The van der Waals surface area contributed by atoms with E-state index in [0.717, 1.165) is 11.3 Å². The van der Waals surface area contributed by atoms with Crippen LogP contribution in [0.4, 0.5) is 5.69 Å². The van der Waals surface area contributed by atoms with Crippen LogP contribution in [0.25, 0.3) is 0 Å². The zero-order chi connectivity index (χ0) is 14.9. The van der Waals surface area contributed by atoms with Gasteiger partial charge in [-0.3, -0.25) is 0 Å². The Balaban J connectivity index is 2.22. The van der Waals surface area contributed by atoms with Crippen LogP contribution < -0.4 is 11.1 Å². The molecule has 0 spiro atoms. The molecule has 106 valence electrons. The van der Waals surface area contributed by atoms with Crippen LogP contribution in [-0.4, -0.2) is 4.99 Å². The first-order valence-electron chi connectivity index (χ1n) is 6.31. The fourth-order valence-corrected chi connectivity index (χ4v) is 3.56. The normalized spacial score (nSPS) is 12.2. The molecule has 0 bridgehead atoms. The highest BCUT2D eigenvalue weighted by molar-refractivity contribution is 7.80. The average molecular weight is 325 g/mol. The summed E-state index contributed by atoms with van der Waals surface area (Å²) in [7, 11) is 0. The molecule has 1 unspecified atom stereocenters. The maximum atomic E-state index is 6.27. The lowest BCUT2D eigenvalue weighted by molar-refractivity contribution is 0.882. The summed E-state index contributed by atoms with van der Waals surface area (Å²) in [6.45, 7) is 6.40. The van der Waals surface area contributed by atoms with Gasteiger partial charge in [0.05, 0.1) is 10.7 Å². The van der Waals surface area contributed by atoms with Gasteiger partial charge < -0.3 is 11.1 Å². The Morgan fingerprint density at radius 2 is 2.05 bits per heavy atom. The lowest BCUT2D eigenvalue weighted by Gasteiger charge is -2.17. The second-order valence-electron chi connectivity index (χ2n) is 4.79. The number of thiocarbonyl (C=S) groups is 1. The van der Waals surface area contributed by atoms with Gasteiger partial charge in [0, 0.05) is 21.4 Å². The predicted octanol–water partition coefficient (Wildman–Crippen LogP) is 4.83. The summed E-state index contributed by atoms with van der Waals surface area (Å²) in [5, 5.41) is 4.07. The molecule has 1 heterocycles. The van der Waals surface area contributed by atoms with E-state index in [9.17, 15) is 0 Å². The molecule has 0 radical (unpaired) electrons. The fraction of sp³-hybridized carbons (Fsp3) is 0.267. The Kier molecular flexibility index (Phi) is 4.68. The molecule has 1 aromatic carbocycles. The van der Waals surface area contributed by atoms with Gasteiger partial charge in [0.25, 0.3) is 0 Å². The molecule has 5 heteroatoms. The van der Waals surface area contributed by atoms with Crippen LogP contribution in [0.1, 0.15) is 33.8 Å². The number of rotatable bonds is 4. The standard InChI is InChI=1S/C15H17ClN2S2/c1-8-6-12(10(3)20-8)9(2)18-14-5-4-11(15(17)19)7-13(14)16/h4-7,9,18H,1-3H3,(H2,17,19). The largest absolute Gasteiger partial charge is 0.389 e. The van der Waals surface area contributed by atoms with E-state index in [-0.39, 0.29) is 6.04 Å². The van der Waals surface area contributed by atoms with Crippen molar-refractivity contribution in [1.29, 1.82) is 0 Å². The molecule has 0 fully saturated rings. The number of aryl methyl sites for hydroxylation is 2. The number of nitrogens with one attached hydrogen (secondary N) is 1. The summed E-state index contributed by atoms with van der Waals surface area (Å²) in [4.78, 5) is 3.01. The van der Waals surface area contributed by atoms with Crippen molar-refractivity contribution in [1.82, 2.24) is 0 Å². The molecule has 0 saturated carbocycles. The van der Waals surface area contributed by atoms with Crippen molar-refractivity contribution in [2.24, 2.45) is 5.73 Å². The summed E-state index contributed by atoms with van der Waals surface area (Å²) in [6, 6.07) is 8.02. The third kappa shape index (κ3) is 3.32. The first-order chi connectivity index (χ1) is 9.38. The minimum Gasteiger partial charge on any atom is -0.389 e. The monoisotopic (exact) mass is 324 g/mol. The van der Waals surface area contributed by atoms with Gasteiger partial charge in [-0.1, -0.05) is 23.8 Å². The zero-order valence-corrected chi connectivity index (χ0v) is 14.0. The van der Waals surface area contributed by atoms with E-state index in [2.05, 4.69) is 32.2 Å². The van der Waals surface area contributed by atoms with Gasteiger partial charge in [-0.25, -0.2) is 0 Å². The van der Waals surface area contributed by atoms with Gasteiger partial charge in [-0.15, -0.1) is 11.3 Å². The molecule has 1 atom stereocenters. The molecular formula is C15H17ClN2S2. The van der Waals surface area contributed by atoms with E-state index >= 15 is 0 Å². The molecular weight excluding hydrogens is 308 g/mol. The zero-order valence-electron chi connectivity index (χ0n) is 11.7. The molecule has 0 amide bonds. The van der Waals surface area contributed by atoms with Gasteiger partial charge in [-0.2, -0.15) is 0 Å². The van der Waals surface area contributed by atoms with Gasteiger partial charge in [0.2, 0.25) is 0 Å². The Morgan fingerprint density at radius 3 is 2.55 bits per heavy atom. The first kappa shape index (κ1) is 15.3. The molecule has 2 aromatic rings. The summed E-state index contributed by atoms with van der Waals surface area (Å²) >= 11 is 13.0. The van der Waals surface area contributed by atoms with Crippen LogP contribution in [0.5, 0.6) is 0 Å². The summed E-state index contributed by atoms with van der Waals surface area (Å²) in [6.07, 6.45) is 0. The van der Waals surface area contributed by atoms with Crippen LogP contribution in [-0.2, 0) is 0 Å². The van der Waals surface area contributed by atoms with Gasteiger partial charge in [0.15, 0.2) is 0 Å². The molecule has 2 rings (SSSR count). The average Bonchev–Trinajstić information content (AvgIpc) is 2.70.